The predicted molar refractivity (Wildman–Crippen MR) is 82.8 cm³/mol. The molecule has 1 aromatic carbocycles. The number of rotatable bonds is 3. The minimum Gasteiger partial charge on any atom is -0.465 e. The maximum atomic E-state index is 12.1. The fourth-order valence-electron chi connectivity index (χ4n) is 1.53. The van der Waals surface area contributed by atoms with E-state index in [1.807, 2.05) is 0 Å². The van der Waals surface area contributed by atoms with E-state index in [4.69, 9.17) is 11.6 Å². The summed E-state index contributed by atoms with van der Waals surface area (Å²) in [5, 5.41) is 3.08. The third kappa shape index (κ3) is 3.39. The molecule has 1 amide bonds. The zero-order valence-corrected chi connectivity index (χ0v) is 13.4. The molecule has 0 radical (unpaired) electrons. The molecule has 0 atom stereocenters. The number of nitrogens with one attached hydrogen (secondary N) is 1. The van der Waals surface area contributed by atoms with E-state index < -0.39 is 5.97 Å². The Balaban J connectivity index is 2.30. The van der Waals surface area contributed by atoms with Gasteiger partial charge in [-0.1, -0.05) is 11.6 Å². The van der Waals surface area contributed by atoms with E-state index >= 15 is 0 Å². The molecule has 0 aliphatic carbocycles. The van der Waals surface area contributed by atoms with Crippen molar-refractivity contribution >= 4 is 56.4 Å². The topological polar surface area (TPSA) is 55.4 Å². The first-order valence-corrected chi connectivity index (χ1v) is 7.44. The number of hydrogen-bond donors (Lipinski definition) is 1. The van der Waals surface area contributed by atoms with Crippen molar-refractivity contribution in [3.8, 4) is 0 Å². The maximum absolute atomic E-state index is 12.1. The Morgan fingerprint density at radius 2 is 2.05 bits per heavy atom. The van der Waals surface area contributed by atoms with Crippen molar-refractivity contribution in [2.45, 2.75) is 0 Å². The Kier molecular flexibility index (Phi) is 4.80. The minimum atomic E-state index is -0.538. The number of carbonyl (C=O) groups excluding carboxylic acids is 2. The lowest BCUT2D eigenvalue weighted by Gasteiger charge is -2.09. The van der Waals surface area contributed by atoms with Crippen LogP contribution in [0.25, 0.3) is 0 Å². The third-order valence-corrected chi connectivity index (χ3v) is 4.29. The van der Waals surface area contributed by atoms with Crippen molar-refractivity contribution in [1.29, 1.82) is 0 Å². The third-order valence-electron chi connectivity index (χ3n) is 2.43. The van der Waals surface area contributed by atoms with Gasteiger partial charge in [-0.3, -0.25) is 4.79 Å². The number of benzene rings is 1. The Hall–Kier alpha value is -1.37. The van der Waals surface area contributed by atoms with E-state index in [0.717, 1.165) is 3.79 Å². The van der Waals surface area contributed by atoms with Crippen LogP contribution in [0.3, 0.4) is 0 Å². The molecule has 1 aromatic heterocycles. The van der Waals surface area contributed by atoms with Crippen LogP contribution in [-0.4, -0.2) is 19.0 Å². The molecule has 2 aromatic rings. The van der Waals surface area contributed by atoms with Gasteiger partial charge in [0.2, 0.25) is 0 Å². The van der Waals surface area contributed by atoms with Gasteiger partial charge in [0, 0.05) is 5.02 Å². The van der Waals surface area contributed by atoms with Crippen LogP contribution in [0.4, 0.5) is 5.69 Å². The summed E-state index contributed by atoms with van der Waals surface area (Å²) in [5.41, 5.74) is 0.569. The first kappa shape index (κ1) is 15.0. The molecule has 0 unspecified atom stereocenters. The first-order chi connectivity index (χ1) is 9.51. The average molecular weight is 375 g/mol. The van der Waals surface area contributed by atoms with E-state index in [1.54, 1.807) is 18.2 Å². The second kappa shape index (κ2) is 6.39. The molecule has 0 aliphatic rings. The van der Waals surface area contributed by atoms with Crippen LogP contribution in [-0.2, 0) is 4.74 Å². The van der Waals surface area contributed by atoms with Crippen molar-refractivity contribution < 1.29 is 14.3 Å². The normalized spacial score (nSPS) is 10.2. The van der Waals surface area contributed by atoms with Crippen LogP contribution >= 0.6 is 38.9 Å². The molecule has 0 aliphatic heterocycles. The lowest BCUT2D eigenvalue weighted by molar-refractivity contribution is 0.0602. The van der Waals surface area contributed by atoms with E-state index in [1.165, 1.54) is 30.6 Å². The monoisotopic (exact) mass is 373 g/mol. The molecular formula is C13H9BrClNO3S. The van der Waals surface area contributed by atoms with E-state index in [0.29, 0.717) is 15.6 Å². The highest BCUT2D eigenvalue weighted by atomic mass is 79.9. The van der Waals surface area contributed by atoms with Crippen molar-refractivity contribution in [3.63, 3.8) is 0 Å². The second-order valence-corrected chi connectivity index (χ2v) is 6.64. The average Bonchev–Trinajstić information content (AvgIpc) is 2.85. The van der Waals surface area contributed by atoms with Gasteiger partial charge in [0.1, 0.15) is 0 Å². The number of thiophene rings is 1. The molecule has 0 bridgehead atoms. The first-order valence-electron chi connectivity index (χ1n) is 5.46. The molecule has 0 saturated carbocycles. The van der Waals surface area contributed by atoms with Crippen molar-refractivity contribution in [3.05, 3.63) is 49.6 Å². The molecule has 2 rings (SSSR count). The number of halogens is 2. The fraction of sp³-hybridized carbons (Fsp3) is 0.0769. The second-order valence-electron chi connectivity index (χ2n) is 3.74. The number of anilines is 1. The smallest absolute Gasteiger partial charge is 0.339 e. The van der Waals surface area contributed by atoms with Gasteiger partial charge in [0.25, 0.3) is 5.91 Å². The van der Waals surface area contributed by atoms with Gasteiger partial charge in [0.05, 0.1) is 27.0 Å². The van der Waals surface area contributed by atoms with E-state index in [-0.39, 0.29) is 11.5 Å². The lowest BCUT2D eigenvalue weighted by atomic mass is 10.1. The fourth-order valence-corrected chi connectivity index (χ4v) is 2.98. The molecule has 0 saturated heterocycles. The number of ether oxygens (including phenoxy) is 1. The Morgan fingerprint density at radius 1 is 1.30 bits per heavy atom. The Labute approximate surface area is 132 Å². The van der Waals surface area contributed by atoms with Gasteiger partial charge in [-0.05, 0) is 46.3 Å². The van der Waals surface area contributed by atoms with Crippen LogP contribution in [0.15, 0.2) is 34.1 Å². The maximum Gasteiger partial charge on any atom is 0.339 e. The summed E-state index contributed by atoms with van der Waals surface area (Å²) < 4.78 is 5.52. The number of hydrogen-bond acceptors (Lipinski definition) is 4. The highest BCUT2D eigenvalue weighted by Gasteiger charge is 2.16. The van der Waals surface area contributed by atoms with Crippen molar-refractivity contribution in [2.24, 2.45) is 0 Å². The number of carbonyl (C=O) groups is 2. The number of methoxy groups -OCH3 is 1. The highest BCUT2D eigenvalue weighted by molar-refractivity contribution is 9.11. The Morgan fingerprint density at radius 3 is 2.65 bits per heavy atom. The highest BCUT2D eigenvalue weighted by Crippen LogP contribution is 2.25. The minimum absolute atomic E-state index is 0.251. The van der Waals surface area contributed by atoms with Gasteiger partial charge >= 0.3 is 5.97 Å². The van der Waals surface area contributed by atoms with Gasteiger partial charge in [-0.25, -0.2) is 4.79 Å². The SMILES string of the molecule is COC(=O)c1ccc(Cl)cc1NC(=O)c1ccc(Br)s1. The summed E-state index contributed by atoms with van der Waals surface area (Å²) in [7, 11) is 1.28. The number of esters is 1. The zero-order valence-electron chi connectivity index (χ0n) is 10.3. The van der Waals surface area contributed by atoms with E-state index in [9.17, 15) is 9.59 Å². The summed E-state index contributed by atoms with van der Waals surface area (Å²) in [6.07, 6.45) is 0. The van der Waals surface area contributed by atoms with Crippen LogP contribution < -0.4 is 5.32 Å². The molecule has 104 valence electrons. The summed E-state index contributed by atoms with van der Waals surface area (Å²) in [6, 6.07) is 8.04. The summed E-state index contributed by atoms with van der Waals surface area (Å²) in [6.45, 7) is 0. The van der Waals surface area contributed by atoms with Gasteiger partial charge in [-0.15, -0.1) is 11.3 Å². The molecule has 0 fully saturated rings. The van der Waals surface area contributed by atoms with Gasteiger partial charge in [-0.2, -0.15) is 0 Å². The molecule has 4 nitrogen and oxygen atoms in total. The predicted octanol–water partition coefficient (Wildman–Crippen LogP) is 4.20. The molecular weight excluding hydrogens is 366 g/mol. The van der Waals surface area contributed by atoms with Crippen LogP contribution in [0.2, 0.25) is 5.02 Å². The molecule has 0 spiro atoms. The van der Waals surface area contributed by atoms with Crippen LogP contribution in [0.1, 0.15) is 20.0 Å². The van der Waals surface area contributed by atoms with Crippen LogP contribution in [0.5, 0.6) is 0 Å². The number of amides is 1. The quantitative estimate of drug-likeness (QED) is 0.819. The van der Waals surface area contributed by atoms with Crippen LogP contribution in [0, 0.1) is 0 Å². The molecule has 1 heterocycles. The summed E-state index contributed by atoms with van der Waals surface area (Å²) >= 11 is 10.5. The van der Waals surface area contributed by atoms with E-state index in [2.05, 4.69) is 26.0 Å². The standard InChI is InChI=1S/C13H9BrClNO3S/c1-19-13(18)8-3-2-7(15)6-9(8)16-12(17)10-4-5-11(14)20-10/h2-6H,1H3,(H,16,17). The molecule has 1 N–H and O–H groups in total. The van der Waals surface area contributed by atoms with Gasteiger partial charge < -0.3 is 10.1 Å². The van der Waals surface area contributed by atoms with Gasteiger partial charge in [0.15, 0.2) is 0 Å². The zero-order chi connectivity index (χ0) is 14.7. The lowest BCUT2D eigenvalue weighted by Crippen LogP contribution is -2.14. The van der Waals surface area contributed by atoms with Crippen molar-refractivity contribution in [1.82, 2.24) is 0 Å². The largest absolute Gasteiger partial charge is 0.465 e. The Bertz CT molecular complexity index is 671. The molecule has 7 heteroatoms. The summed E-state index contributed by atoms with van der Waals surface area (Å²) in [5.74, 6) is -0.850. The van der Waals surface area contributed by atoms with Crippen molar-refractivity contribution in [2.75, 3.05) is 12.4 Å². The molecule has 20 heavy (non-hydrogen) atoms. The summed E-state index contributed by atoms with van der Waals surface area (Å²) in [4.78, 5) is 24.3.